The van der Waals surface area contributed by atoms with Crippen LogP contribution in [0.25, 0.3) is 0 Å². The molecule has 1 aliphatic heterocycles. The lowest BCUT2D eigenvalue weighted by molar-refractivity contribution is -0.297. The summed E-state index contributed by atoms with van der Waals surface area (Å²) >= 11 is 0. The van der Waals surface area contributed by atoms with Crippen LogP contribution in [0.4, 0.5) is 0 Å². The molecule has 1 saturated heterocycles. The predicted molar refractivity (Wildman–Crippen MR) is 103 cm³/mol. The number of allylic oxidation sites excluding steroid dienone is 2. The Morgan fingerprint density at radius 1 is 0.781 bits per heavy atom. The fourth-order valence-corrected chi connectivity index (χ4v) is 2.67. The molecular formula is C20H26O12. The molecule has 0 spiro atoms. The zero-order valence-electron chi connectivity index (χ0n) is 18.3. The Kier molecular flexibility index (Phi) is 10.9. The SMILES string of the molecule is COC(=O)/C=C\C=C\O[C@@H]1O[C@H](COC(C)=O)[C@@H](OC(C)=O)[C@H](OC(C)=O)[C@H]1OC(C)=O. The second-order valence-electron chi connectivity index (χ2n) is 6.41. The highest BCUT2D eigenvalue weighted by atomic mass is 16.7. The molecule has 0 N–H and O–H groups in total. The van der Waals surface area contributed by atoms with Crippen LogP contribution in [-0.2, 0) is 57.1 Å². The van der Waals surface area contributed by atoms with Gasteiger partial charge in [-0.1, -0.05) is 6.08 Å². The third-order valence-electron chi connectivity index (χ3n) is 3.78. The predicted octanol–water partition coefficient (Wildman–Crippen LogP) is 0.329. The summed E-state index contributed by atoms with van der Waals surface area (Å²) in [5, 5.41) is 0. The summed E-state index contributed by atoms with van der Waals surface area (Å²) in [4.78, 5) is 57.4. The Morgan fingerprint density at radius 2 is 1.34 bits per heavy atom. The Hall–Kier alpha value is -3.41. The molecule has 1 aliphatic rings. The van der Waals surface area contributed by atoms with Crippen molar-refractivity contribution in [1.29, 1.82) is 0 Å². The molecule has 0 aliphatic carbocycles. The minimum absolute atomic E-state index is 0.371. The molecule has 1 heterocycles. The van der Waals surface area contributed by atoms with E-state index in [0.29, 0.717) is 0 Å². The number of carbonyl (C=O) groups excluding carboxylic acids is 5. The van der Waals surface area contributed by atoms with Crippen LogP contribution in [-0.4, -0.2) is 74.3 Å². The van der Waals surface area contributed by atoms with Gasteiger partial charge in [0, 0.05) is 33.8 Å². The van der Waals surface area contributed by atoms with Crippen LogP contribution in [0.3, 0.4) is 0 Å². The van der Waals surface area contributed by atoms with Gasteiger partial charge < -0.3 is 33.2 Å². The maximum absolute atomic E-state index is 11.7. The van der Waals surface area contributed by atoms with Crippen LogP contribution in [0.2, 0.25) is 0 Å². The molecule has 0 unspecified atom stereocenters. The smallest absolute Gasteiger partial charge is 0.330 e. The molecule has 1 rings (SSSR count). The average Bonchev–Trinajstić information content (AvgIpc) is 2.69. The van der Waals surface area contributed by atoms with Crippen molar-refractivity contribution in [2.75, 3.05) is 13.7 Å². The van der Waals surface area contributed by atoms with Crippen LogP contribution >= 0.6 is 0 Å². The molecule has 5 atom stereocenters. The molecule has 0 aromatic rings. The molecule has 32 heavy (non-hydrogen) atoms. The lowest BCUT2D eigenvalue weighted by atomic mass is 9.98. The Balaban J connectivity index is 3.23. The summed E-state index contributed by atoms with van der Waals surface area (Å²) < 4.78 is 36.3. The van der Waals surface area contributed by atoms with Gasteiger partial charge in [-0.25, -0.2) is 4.79 Å². The zero-order valence-corrected chi connectivity index (χ0v) is 18.3. The number of methoxy groups -OCH3 is 1. The van der Waals surface area contributed by atoms with E-state index in [9.17, 15) is 24.0 Å². The van der Waals surface area contributed by atoms with Crippen molar-refractivity contribution in [1.82, 2.24) is 0 Å². The molecule has 178 valence electrons. The second kappa shape index (κ2) is 13.1. The molecule has 12 heteroatoms. The van der Waals surface area contributed by atoms with Crippen LogP contribution in [0.5, 0.6) is 0 Å². The van der Waals surface area contributed by atoms with E-state index < -0.39 is 60.6 Å². The summed E-state index contributed by atoms with van der Waals surface area (Å²) in [6.45, 7) is 4.14. The molecule has 12 nitrogen and oxygen atoms in total. The molecule has 0 saturated carbocycles. The van der Waals surface area contributed by atoms with E-state index in [0.717, 1.165) is 33.1 Å². The molecule has 0 aromatic heterocycles. The molecule has 0 bridgehead atoms. The molecular weight excluding hydrogens is 432 g/mol. The van der Waals surface area contributed by atoms with Crippen LogP contribution in [0.15, 0.2) is 24.5 Å². The van der Waals surface area contributed by atoms with Gasteiger partial charge in [-0.2, -0.15) is 0 Å². The summed E-state index contributed by atoms with van der Waals surface area (Å²) in [6.07, 6.45) is -1.54. The summed E-state index contributed by atoms with van der Waals surface area (Å²) in [5.41, 5.74) is 0. The normalized spacial score (nSPS) is 25.1. The topological polar surface area (TPSA) is 150 Å². The number of hydrogen-bond acceptors (Lipinski definition) is 12. The minimum Gasteiger partial charge on any atom is -0.468 e. The molecule has 1 fully saturated rings. The van der Waals surface area contributed by atoms with E-state index >= 15 is 0 Å². The van der Waals surface area contributed by atoms with Crippen molar-refractivity contribution in [3.8, 4) is 0 Å². The van der Waals surface area contributed by atoms with Crippen molar-refractivity contribution in [3.05, 3.63) is 24.5 Å². The molecule has 0 aromatic carbocycles. The fourth-order valence-electron chi connectivity index (χ4n) is 2.67. The minimum atomic E-state index is -1.35. The van der Waals surface area contributed by atoms with Crippen molar-refractivity contribution in [2.24, 2.45) is 0 Å². The quantitative estimate of drug-likeness (QED) is 0.154. The number of rotatable bonds is 9. The average molecular weight is 458 g/mol. The van der Waals surface area contributed by atoms with E-state index in [4.69, 9.17) is 28.4 Å². The van der Waals surface area contributed by atoms with Crippen molar-refractivity contribution < 1.29 is 57.1 Å². The van der Waals surface area contributed by atoms with Crippen LogP contribution < -0.4 is 0 Å². The van der Waals surface area contributed by atoms with E-state index in [1.807, 2.05) is 0 Å². The molecule has 0 amide bonds. The van der Waals surface area contributed by atoms with Gasteiger partial charge in [-0.15, -0.1) is 0 Å². The van der Waals surface area contributed by atoms with Crippen LogP contribution in [0.1, 0.15) is 27.7 Å². The summed E-state index contributed by atoms with van der Waals surface area (Å²) in [7, 11) is 1.21. The van der Waals surface area contributed by atoms with Gasteiger partial charge in [0.05, 0.1) is 13.4 Å². The number of ether oxygens (including phenoxy) is 7. The van der Waals surface area contributed by atoms with Gasteiger partial charge in [0.1, 0.15) is 12.7 Å². The van der Waals surface area contributed by atoms with Crippen molar-refractivity contribution >= 4 is 29.8 Å². The third kappa shape index (κ3) is 9.16. The number of esters is 5. The maximum atomic E-state index is 11.7. The van der Waals surface area contributed by atoms with Gasteiger partial charge in [-0.05, 0) is 6.08 Å². The van der Waals surface area contributed by atoms with Gasteiger partial charge in [0.15, 0.2) is 12.2 Å². The van der Waals surface area contributed by atoms with E-state index in [1.54, 1.807) is 0 Å². The van der Waals surface area contributed by atoms with Gasteiger partial charge in [-0.3, -0.25) is 19.2 Å². The number of hydrogen-bond donors (Lipinski definition) is 0. The van der Waals surface area contributed by atoms with Gasteiger partial charge >= 0.3 is 29.8 Å². The lowest BCUT2D eigenvalue weighted by Crippen LogP contribution is -2.62. The first kappa shape index (κ1) is 26.6. The highest BCUT2D eigenvalue weighted by Crippen LogP contribution is 2.30. The van der Waals surface area contributed by atoms with Crippen molar-refractivity contribution in [2.45, 2.75) is 58.4 Å². The second-order valence-corrected chi connectivity index (χ2v) is 6.41. The number of carbonyl (C=O) groups is 5. The summed E-state index contributed by atoms with van der Waals surface area (Å²) in [5.74, 6) is -3.47. The first-order valence-corrected chi connectivity index (χ1v) is 9.42. The van der Waals surface area contributed by atoms with E-state index in [1.165, 1.54) is 26.2 Å². The van der Waals surface area contributed by atoms with Gasteiger partial charge in [0.2, 0.25) is 12.4 Å². The first-order valence-electron chi connectivity index (χ1n) is 9.42. The Bertz CT molecular complexity index is 756. The third-order valence-corrected chi connectivity index (χ3v) is 3.78. The fraction of sp³-hybridized carbons (Fsp3) is 0.550. The highest BCUT2D eigenvalue weighted by Gasteiger charge is 2.53. The zero-order chi connectivity index (χ0) is 24.3. The first-order chi connectivity index (χ1) is 15.0. The standard InChI is InChI=1S/C20H26O12/c1-11(21)28-10-15-17(29-12(2)22)18(30-13(3)23)19(31-14(4)24)20(32-15)27-9-7-6-8-16(25)26-5/h6-9,15,17-20H,10H2,1-5H3/b8-6-,9-7+/t15-,17-,18+,19-,20-/m1/s1. The monoisotopic (exact) mass is 458 g/mol. The van der Waals surface area contributed by atoms with Gasteiger partial charge in [0.25, 0.3) is 0 Å². The summed E-state index contributed by atoms with van der Waals surface area (Å²) in [6, 6.07) is 0. The van der Waals surface area contributed by atoms with Crippen LogP contribution in [0, 0.1) is 0 Å². The maximum Gasteiger partial charge on any atom is 0.330 e. The molecule has 0 radical (unpaired) electrons. The van der Waals surface area contributed by atoms with E-state index in [-0.39, 0.29) is 6.61 Å². The highest BCUT2D eigenvalue weighted by molar-refractivity contribution is 5.82. The van der Waals surface area contributed by atoms with Crippen molar-refractivity contribution in [3.63, 3.8) is 0 Å². The lowest BCUT2D eigenvalue weighted by Gasteiger charge is -2.43. The largest absolute Gasteiger partial charge is 0.468 e. The van der Waals surface area contributed by atoms with E-state index in [2.05, 4.69) is 4.74 Å². The Labute approximate surface area is 184 Å². The Morgan fingerprint density at radius 3 is 1.88 bits per heavy atom.